The van der Waals surface area contributed by atoms with Crippen molar-refractivity contribution in [2.75, 3.05) is 24.6 Å². The van der Waals surface area contributed by atoms with Gasteiger partial charge in [0.1, 0.15) is 0 Å². The van der Waals surface area contributed by atoms with Crippen molar-refractivity contribution in [1.29, 1.82) is 0 Å². The number of rotatable bonds is 13. The fraction of sp³-hybridized carbons (Fsp3) is 1.00. The van der Waals surface area contributed by atoms with Gasteiger partial charge in [0.05, 0.1) is 24.6 Å². The normalized spacial score (nSPS) is 12.9. The minimum atomic E-state index is -0.720. The Kier molecular flexibility index (Phi) is 12.2. The molecule has 0 aromatic carbocycles. The Hall–Kier alpha value is 0.430. The molecule has 0 N–H and O–H groups in total. The molecule has 0 nitrogen and oxygen atoms in total. The Morgan fingerprint density at radius 1 is 0.571 bits per heavy atom. The molecule has 0 saturated heterocycles. The summed E-state index contributed by atoms with van der Waals surface area (Å²) in [4.78, 5) is 0. The van der Waals surface area contributed by atoms with Crippen LogP contribution in [0.4, 0.5) is 0 Å². The molecular weight excluding hydrogens is 271 g/mol. The molecule has 0 aliphatic heterocycles. The van der Waals surface area contributed by atoms with Crippen molar-refractivity contribution < 1.29 is 0 Å². The van der Waals surface area contributed by atoms with Crippen LogP contribution < -0.4 is 0 Å². The van der Waals surface area contributed by atoms with Crippen molar-refractivity contribution in [2.45, 2.75) is 87.0 Å². The summed E-state index contributed by atoms with van der Waals surface area (Å²) >= 11 is 0. The van der Waals surface area contributed by atoms with E-state index in [0.29, 0.717) is 0 Å². The van der Waals surface area contributed by atoms with Crippen LogP contribution in [0.5, 0.6) is 0 Å². The Bertz CT molecular complexity index is 203. The summed E-state index contributed by atoms with van der Waals surface area (Å²) in [5.41, 5.74) is 0. The Labute approximate surface area is 137 Å². The molecule has 0 aliphatic rings. The molecule has 0 unspecified atom stereocenters. The molecular formula is C20H44P+. The highest BCUT2D eigenvalue weighted by atomic mass is 31.2. The Balaban J connectivity index is 4.51. The van der Waals surface area contributed by atoms with E-state index in [9.17, 15) is 0 Å². The first-order valence-corrected chi connectivity index (χ1v) is 12.2. The third-order valence-corrected chi connectivity index (χ3v) is 10.0. The molecule has 0 amide bonds. The van der Waals surface area contributed by atoms with Crippen LogP contribution in [-0.4, -0.2) is 24.6 Å². The fourth-order valence-corrected chi connectivity index (χ4v) is 10.6. The summed E-state index contributed by atoms with van der Waals surface area (Å²) in [7, 11) is -0.720. The monoisotopic (exact) mass is 315 g/mol. The number of hydrogen-bond donors (Lipinski definition) is 0. The highest BCUT2D eigenvalue weighted by Crippen LogP contribution is 2.62. The van der Waals surface area contributed by atoms with E-state index in [1.165, 1.54) is 38.5 Å². The first-order valence-electron chi connectivity index (χ1n) is 9.66. The molecule has 128 valence electrons. The number of hydrogen-bond acceptors (Lipinski definition) is 0. The quantitative estimate of drug-likeness (QED) is 0.246. The van der Waals surface area contributed by atoms with Crippen LogP contribution in [0.15, 0.2) is 0 Å². The molecule has 0 radical (unpaired) electrons. The topological polar surface area (TPSA) is 0 Å². The van der Waals surface area contributed by atoms with E-state index in [0.717, 1.165) is 17.8 Å². The third-order valence-electron chi connectivity index (χ3n) is 4.24. The van der Waals surface area contributed by atoms with Gasteiger partial charge >= 0.3 is 0 Å². The lowest BCUT2D eigenvalue weighted by Crippen LogP contribution is -2.20. The molecule has 0 heterocycles. The van der Waals surface area contributed by atoms with Gasteiger partial charge in [-0.1, -0.05) is 74.1 Å². The predicted molar refractivity (Wildman–Crippen MR) is 104 cm³/mol. The predicted octanol–water partition coefficient (Wildman–Crippen LogP) is 7.33. The third kappa shape index (κ3) is 11.6. The van der Waals surface area contributed by atoms with Crippen LogP contribution in [0.1, 0.15) is 87.0 Å². The van der Waals surface area contributed by atoms with E-state index in [2.05, 4.69) is 48.5 Å². The van der Waals surface area contributed by atoms with Crippen molar-refractivity contribution in [3.05, 3.63) is 0 Å². The first kappa shape index (κ1) is 21.4. The summed E-state index contributed by atoms with van der Waals surface area (Å²) in [5, 5.41) is 0. The minimum absolute atomic E-state index is 0.720. The van der Waals surface area contributed by atoms with Crippen LogP contribution in [0, 0.1) is 17.8 Å². The molecule has 0 aliphatic carbocycles. The summed E-state index contributed by atoms with van der Waals surface area (Å²) in [6, 6.07) is 0. The zero-order chi connectivity index (χ0) is 16.3. The fourth-order valence-electron chi connectivity index (χ4n) is 4.05. The molecule has 0 aromatic rings. The molecule has 21 heavy (non-hydrogen) atoms. The van der Waals surface area contributed by atoms with Gasteiger partial charge in [0.15, 0.2) is 0 Å². The van der Waals surface area contributed by atoms with Gasteiger partial charge in [-0.25, -0.2) is 0 Å². The second-order valence-corrected chi connectivity index (χ2v) is 12.8. The van der Waals surface area contributed by atoms with E-state index < -0.39 is 7.26 Å². The van der Waals surface area contributed by atoms with Gasteiger partial charge in [-0.05, 0) is 30.6 Å². The van der Waals surface area contributed by atoms with Gasteiger partial charge in [0.25, 0.3) is 0 Å². The Morgan fingerprint density at radius 3 is 1.33 bits per heavy atom. The highest BCUT2D eigenvalue weighted by molar-refractivity contribution is 7.75. The van der Waals surface area contributed by atoms with Gasteiger partial charge in [-0.3, -0.25) is 0 Å². The molecule has 0 saturated carbocycles. The SMILES string of the molecule is CCCCCCCC[P+](CC(C)C)(CC(C)C)CC(C)C. The van der Waals surface area contributed by atoms with Gasteiger partial charge in [0.2, 0.25) is 0 Å². The van der Waals surface area contributed by atoms with E-state index in [4.69, 9.17) is 0 Å². The van der Waals surface area contributed by atoms with Crippen LogP contribution in [-0.2, 0) is 0 Å². The van der Waals surface area contributed by atoms with E-state index >= 15 is 0 Å². The minimum Gasteiger partial charge on any atom is -0.0654 e. The smallest absolute Gasteiger partial charge is 0.0617 e. The standard InChI is InChI=1S/C20H44P/c1-8-9-10-11-12-13-14-21(15-18(2)3,16-19(4)5)17-20(6)7/h18-20H,8-17H2,1-7H3/q+1. The lowest BCUT2D eigenvalue weighted by Gasteiger charge is -2.32. The maximum absolute atomic E-state index is 2.44. The van der Waals surface area contributed by atoms with Crippen molar-refractivity contribution >= 4 is 7.26 Å². The molecule has 0 fully saturated rings. The van der Waals surface area contributed by atoms with E-state index in [1.54, 1.807) is 24.6 Å². The molecule has 0 bridgehead atoms. The molecule has 0 atom stereocenters. The van der Waals surface area contributed by atoms with Gasteiger partial charge in [0, 0.05) is 7.26 Å². The van der Waals surface area contributed by atoms with Crippen LogP contribution in [0.25, 0.3) is 0 Å². The number of unbranched alkanes of at least 4 members (excludes halogenated alkanes) is 5. The largest absolute Gasteiger partial charge is 0.0654 e. The lowest BCUT2D eigenvalue weighted by molar-refractivity contribution is 0.620. The summed E-state index contributed by atoms with van der Waals surface area (Å²) < 4.78 is 0. The van der Waals surface area contributed by atoms with Crippen molar-refractivity contribution in [2.24, 2.45) is 17.8 Å². The van der Waals surface area contributed by atoms with Gasteiger partial charge in [-0.15, -0.1) is 0 Å². The second-order valence-electron chi connectivity index (χ2n) is 8.56. The summed E-state index contributed by atoms with van der Waals surface area (Å²) in [5.74, 6) is 2.66. The van der Waals surface area contributed by atoms with E-state index in [-0.39, 0.29) is 0 Å². The average Bonchev–Trinajstić information content (AvgIpc) is 2.30. The van der Waals surface area contributed by atoms with Crippen molar-refractivity contribution in [3.63, 3.8) is 0 Å². The van der Waals surface area contributed by atoms with Crippen LogP contribution >= 0.6 is 7.26 Å². The lowest BCUT2D eigenvalue weighted by atomic mass is 10.1. The zero-order valence-electron chi connectivity index (χ0n) is 16.3. The van der Waals surface area contributed by atoms with E-state index in [1.807, 2.05) is 0 Å². The van der Waals surface area contributed by atoms with Crippen molar-refractivity contribution in [3.8, 4) is 0 Å². The van der Waals surface area contributed by atoms with Crippen LogP contribution in [0.2, 0.25) is 0 Å². The Morgan fingerprint density at radius 2 is 0.952 bits per heavy atom. The van der Waals surface area contributed by atoms with Gasteiger partial charge < -0.3 is 0 Å². The van der Waals surface area contributed by atoms with Crippen molar-refractivity contribution in [1.82, 2.24) is 0 Å². The summed E-state index contributed by atoms with van der Waals surface area (Å²) in [6.07, 6.45) is 14.9. The highest BCUT2D eigenvalue weighted by Gasteiger charge is 2.38. The molecule has 0 spiro atoms. The maximum atomic E-state index is 2.44. The van der Waals surface area contributed by atoms with Crippen LogP contribution in [0.3, 0.4) is 0 Å². The molecule has 0 rings (SSSR count). The molecule has 1 heteroatoms. The summed E-state index contributed by atoms with van der Waals surface area (Å²) in [6.45, 7) is 17.0. The zero-order valence-corrected chi connectivity index (χ0v) is 17.1. The molecule has 0 aromatic heterocycles. The average molecular weight is 316 g/mol. The second kappa shape index (κ2) is 11.9. The first-order chi connectivity index (χ1) is 9.81. The maximum Gasteiger partial charge on any atom is 0.0617 e. The van der Waals surface area contributed by atoms with Gasteiger partial charge in [-0.2, -0.15) is 0 Å².